The molecule has 1 saturated heterocycles. The third-order valence-corrected chi connectivity index (χ3v) is 2.92. The van der Waals surface area contributed by atoms with Gasteiger partial charge in [0.05, 0.1) is 5.69 Å². The molecule has 1 aliphatic rings. The molecular formula is C13H16Cl2N2O2Sn. The van der Waals surface area contributed by atoms with Crippen molar-refractivity contribution in [1.82, 2.24) is 5.43 Å². The van der Waals surface area contributed by atoms with Crippen molar-refractivity contribution in [3.8, 4) is 0 Å². The Hall–Kier alpha value is -0.461. The number of anilines is 1. The zero-order valence-electron chi connectivity index (χ0n) is 11.1. The number of amides is 2. The van der Waals surface area contributed by atoms with Crippen molar-refractivity contribution in [3.05, 3.63) is 30.3 Å². The number of benzene rings is 1. The summed E-state index contributed by atoms with van der Waals surface area (Å²) in [5.74, 6) is -0.850. The van der Waals surface area contributed by atoms with Crippen LogP contribution >= 0.6 is 17.8 Å². The van der Waals surface area contributed by atoms with E-state index in [0.29, 0.717) is 12.1 Å². The van der Waals surface area contributed by atoms with Crippen LogP contribution in [0, 0.1) is 5.92 Å². The predicted octanol–water partition coefficient (Wildman–Crippen LogP) is 2.87. The Morgan fingerprint density at radius 3 is 2.40 bits per heavy atom. The topological polar surface area (TPSA) is 49.4 Å². The van der Waals surface area contributed by atoms with Gasteiger partial charge >= 0.3 is 36.7 Å². The Kier molecular flexibility index (Phi) is 8.33. The van der Waals surface area contributed by atoms with Crippen LogP contribution in [-0.2, 0) is 9.59 Å². The Labute approximate surface area is 136 Å². The number of nitrogens with one attached hydrogen (secondary N) is 1. The van der Waals surface area contributed by atoms with Gasteiger partial charge in [0.2, 0.25) is 0 Å². The van der Waals surface area contributed by atoms with Gasteiger partial charge in [-0.3, -0.25) is 15.0 Å². The van der Waals surface area contributed by atoms with E-state index in [2.05, 4.69) is 5.43 Å². The maximum atomic E-state index is 12.1. The third kappa shape index (κ3) is 4.82. The van der Waals surface area contributed by atoms with Gasteiger partial charge in [0, 0.05) is 0 Å². The van der Waals surface area contributed by atoms with E-state index in [-0.39, 0.29) is 11.8 Å². The molecule has 0 bridgehead atoms. The van der Waals surface area contributed by atoms with Crippen molar-refractivity contribution >= 4 is 54.2 Å². The number of nitrogens with zero attached hydrogens (tertiary/aromatic N) is 1. The fourth-order valence-electron chi connectivity index (χ4n) is 1.94. The second-order valence-corrected chi connectivity index (χ2v) is 8.49. The van der Waals surface area contributed by atoms with Crippen molar-refractivity contribution in [1.29, 1.82) is 0 Å². The van der Waals surface area contributed by atoms with Crippen LogP contribution in [0.2, 0.25) is 0 Å². The first-order chi connectivity index (χ1) is 9.65. The van der Waals surface area contributed by atoms with Gasteiger partial charge in [0.15, 0.2) is 0 Å². The molecule has 0 aliphatic carbocycles. The number of hydrogen-bond donors (Lipinski definition) is 1. The van der Waals surface area contributed by atoms with Crippen molar-refractivity contribution in [3.63, 3.8) is 0 Å². The summed E-state index contributed by atoms with van der Waals surface area (Å²) in [6.07, 6.45) is 2.51. The Balaban J connectivity index is 0.000000612. The summed E-state index contributed by atoms with van der Waals surface area (Å²) in [5.41, 5.74) is 3.34. The quantitative estimate of drug-likeness (QED) is 0.600. The van der Waals surface area contributed by atoms with Crippen LogP contribution in [-0.4, -0.2) is 30.7 Å². The van der Waals surface area contributed by atoms with Crippen LogP contribution in [0.5, 0.6) is 0 Å². The molecule has 1 atom stereocenters. The monoisotopic (exact) mass is 422 g/mol. The van der Waals surface area contributed by atoms with Gasteiger partial charge in [-0.1, -0.05) is 38.0 Å². The summed E-state index contributed by atoms with van der Waals surface area (Å²) in [6, 6.07) is 9.17. The number of carbonyl (C=O) groups is 2. The van der Waals surface area contributed by atoms with Gasteiger partial charge in [-0.15, -0.1) is 0 Å². The zero-order chi connectivity index (χ0) is 15.0. The number of rotatable bonds is 4. The average Bonchev–Trinajstić information content (AvgIpc) is 2.74. The third-order valence-electron chi connectivity index (χ3n) is 2.92. The van der Waals surface area contributed by atoms with E-state index in [1.54, 1.807) is 12.1 Å². The van der Waals surface area contributed by atoms with Crippen LogP contribution in [0.25, 0.3) is 0 Å². The van der Waals surface area contributed by atoms with E-state index >= 15 is 0 Å². The summed E-state index contributed by atoms with van der Waals surface area (Å²) >= 11 is -0.826. The Morgan fingerprint density at radius 1 is 1.25 bits per heavy atom. The van der Waals surface area contributed by atoms with E-state index < -0.39 is 24.8 Å². The molecule has 1 fully saturated rings. The molecule has 1 heterocycles. The molecule has 108 valence electrons. The number of halogens is 2. The molecule has 1 aliphatic heterocycles. The first kappa shape index (κ1) is 17.6. The van der Waals surface area contributed by atoms with Gasteiger partial charge in [-0.25, -0.2) is 5.01 Å². The standard InChI is InChI=1S/C13H16N2O2.2ClH.Sn/c1-2-3-9-11-12(16)14-15(13(11)17)10-7-5-4-6-8-10;;;/h4-8,11H,2-3,9H2,1H3,(H,14,16);2*1H;/q;;;+2/p-2. The number of carbonyl (C=O) groups excluding carboxylic acids is 2. The van der Waals surface area contributed by atoms with E-state index in [1.165, 1.54) is 5.01 Å². The molecule has 1 unspecified atom stereocenters. The van der Waals surface area contributed by atoms with E-state index in [4.69, 9.17) is 17.8 Å². The molecule has 2 amide bonds. The van der Waals surface area contributed by atoms with Crippen molar-refractivity contribution in [2.75, 3.05) is 5.01 Å². The minimum atomic E-state index is -0.826. The molecule has 2 radical (unpaired) electrons. The summed E-state index contributed by atoms with van der Waals surface area (Å²) < 4.78 is 0. The molecule has 1 aromatic carbocycles. The molecule has 2 rings (SSSR count). The fraction of sp³-hybridized carbons (Fsp3) is 0.385. The maximum absolute atomic E-state index is 12.1. The summed E-state index contributed by atoms with van der Waals surface area (Å²) in [4.78, 5) is 23.8. The van der Waals surface area contributed by atoms with Crippen molar-refractivity contribution in [2.45, 2.75) is 26.2 Å². The molecule has 4 nitrogen and oxygen atoms in total. The molecule has 7 heteroatoms. The number of hydrogen-bond acceptors (Lipinski definition) is 2. The molecule has 0 spiro atoms. The summed E-state index contributed by atoms with van der Waals surface area (Å²) in [7, 11) is 9.87. The van der Waals surface area contributed by atoms with Gasteiger partial charge in [0.1, 0.15) is 5.92 Å². The number of unbranched alkanes of at least 4 members (excludes halogenated alkanes) is 1. The predicted molar refractivity (Wildman–Crippen MR) is 82.5 cm³/mol. The second kappa shape index (κ2) is 9.47. The summed E-state index contributed by atoms with van der Waals surface area (Å²) in [5, 5.41) is 1.35. The fourth-order valence-corrected chi connectivity index (χ4v) is 1.94. The van der Waals surface area contributed by atoms with Crippen molar-refractivity contribution in [2.24, 2.45) is 5.92 Å². The van der Waals surface area contributed by atoms with E-state index in [9.17, 15) is 9.59 Å². The van der Waals surface area contributed by atoms with Crippen LogP contribution in [0.1, 0.15) is 26.2 Å². The van der Waals surface area contributed by atoms with Crippen molar-refractivity contribution < 1.29 is 9.59 Å². The van der Waals surface area contributed by atoms with Crippen LogP contribution < -0.4 is 10.4 Å². The zero-order valence-corrected chi connectivity index (χ0v) is 15.5. The second-order valence-electron chi connectivity index (χ2n) is 4.25. The first-order valence-corrected chi connectivity index (χ1v) is 13.5. The molecule has 1 N–H and O–H groups in total. The first-order valence-electron chi connectivity index (χ1n) is 6.31. The molecule has 0 saturated carbocycles. The van der Waals surface area contributed by atoms with Crippen LogP contribution in [0.15, 0.2) is 30.3 Å². The van der Waals surface area contributed by atoms with Gasteiger partial charge in [-0.2, -0.15) is 0 Å². The number of para-hydroxylation sites is 1. The molecule has 20 heavy (non-hydrogen) atoms. The molecule has 0 aromatic heterocycles. The average molecular weight is 422 g/mol. The van der Waals surface area contributed by atoms with Crippen LogP contribution in [0.3, 0.4) is 0 Å². The van der Waals surface area contributed by atoms with Gasteiger partial charge in [0.25, 0.3) is 11.8 Å². The van der Waals surface area contributed by atoms with Gasteiger partial charge < -0.3 is 0 Å². The number of hydrazine groups is 1. The summed E-state index contributed by atoms with van der Waals surface area (Å²) in [6.45, 7) is 2.05. The van der Waals surface area contributed by atoms with E-state index in [1.807, 2.05) is 25.1 Å². The Morgan fingerprint density at radius 2 is 1.85 bits per heavy atom. The van der Waals surface area contributed by atoms with Gasteiger partial charge in [-0.05, 0) is 18.6 Å². The molecule has 1 aromatic rings. The SMILES string of the molecule is CCCCC1C(=O)NN(c2ccccc2)C1=O.[Cl][Sn][Cl]. The van der Waals surface area contributed by atoms with E-state index in [0.717, 1.165) is 12.8 Å². The van der Waals surface area contributed by atoms with Crippen LogP contribution in [0.4, 0.5) is 5.69 Å². The molecular weight excluding hydrogens is 406 g/mol. The minimum absolute atomic E-state index is 0.144. The normalized spacial score (nSPS) is 17.6. The Bertz CT molecular complexity index is 445.